The molecule has 0 atom stereocenters. The zero-order valence-electron chi connectivity index (χ0n) is 20.0. The molecule has 1 fully saturated rings. The van der Waals surface area contributed by atoms with Crippen LogP contribution in [0, 0.1) is 12.7 Å². The van der Waals surface area contributed by atoms with Gasteiger partial charge in [0.25, 0.3) is 5.89 Å². The fourth-order valence-electron chi connectivity index (χ4n) is 4.70. The van der Waals surface area contributed by atoms with Crippen LogP contribution in [0.25, 0.3) is 22.5 Å². The molecule has 0 unspecified atom stereocenters. The van der Waals surface area contributed by atoms with Gasteiger partial charge in [0.2, 0.25) is 0 Å². The van der Waals surface area contributed by atoms with Crippen LogP contribution in [0.3, 0.4) is 0 Å². The van der Waals surface area contributed by atoms with Crippen molar-refractivity contribution in [3.05, 3.63) is 89.5 Å². The van der Waals surface area contributed by atoms with Gasteiger partial charge < -0.3 is 14.4 Å². The standard InChI is InChI=1S/C27H26FN7O/c1-18-30-27(36-33-18)20-6-7-23-24(15-20)32-26(31-23)16-21-14-19(8-9-29-21)17-34-10-12-35(13-11-34)25-5-3-2-4-22(25)28/h2-9,14-15H,10-13,16-17H2,1H3,(H,31,32). The summed E-state index contributed by atoms with van der Waals surface area (Å²) >= 11 is 0. The van der Waals surface area contributed by atoms with E-state index in [-0.39, 0.29) is 5.82 Å². The second kappa shape index (κ2) is 9.50. The SMILES string of the molecule is Cc1noc(-c2ccc3nc(Cc4cc(CN5CCN(c6ccccc6F)CC5)ccn4)[nH]c3c2)n1. The molecule has 182 valence electrons. The number of rotatable bonds is 6. The van der Waals surface area contributed by atoms with Crippen LogP contribution in [0.2, 0.25) is 0 Å². The van der Waals surface area contributed by atoms with Gasteiger partial charge in [-0.25, -0.2) is 9.37 Å². The van der Waals surface area contributed by atoms with Crippen molar-refractivity contribution in [2.24, 2.45) is 0 Å². The third-order valence-corrected chi connectivity index (χ3v) is 6.51. The minimum atomic E-state index is -0.156. The molecule has 8 nitrogen and oxygen atoms in total. The van der Waals surface area contributed by atoms with Crippen molar-refractivity contribution in [3.63, 3.8) is 0 Å². The van der Waals surface area contributed by atoms with E-state index in [0.717, 1.165) is 60.8 Å². The van der Waals surface area contributed by atoms with Gasteiger partial charge in [0.1, 0.15) is 11.6 Å². The van der Waals surface area contributed by atoms with Gasteiger partial charge in [0, 0.05) is 56.6 Å². The minimum absolute atomic E-state index is 0.156. The van der Waals surface area contributed by atoms with Gasteiger partial charge in [-0.05, 0) is 55.0 Å². The van der Waals surface area contributed by atoms with Gasteiger partial charge in [0.15, 0.2) is 5.82 Å². The van der Waals surface area contributed by atoms with Gasteiger partial charge in [-0.15, -0.1) is 0 Å². The largest absolute Gasteiger partial charge is 0.367 e. The van der Waals surface area contributed by atoms with Gasteiger partial charge >= 0.3 is 0 Å². The number of H-pyrrole nitrogens is 1. The molecule has 3 aromatic heterocycles. The van der Waals surface area contributed by atoms with Crippen LogP contribution in [0.5, 0.6) is 0 Å². The van der Waals surface area contributed by atoms with Crippen molar-refractivity contribution in [2.75, 3.05) is 31.1 Å². The number of fused-ring (bicyclic) bond motifs is 1. The Hall–Kier alpha value is -4.11. The maximum absolute atomic E-state index is 14.1. The average molecular weight is 484 g/mol. The van der Waals surface area contributed by atoms with E-state index in [9.17, 15) is 4.39 Å². The molecule has 5 aromatic rings. The number of hydrogen-bond donors (Lipinski definition) is 1. The lowest BCUT2D eigenvalue weighted by Crippen LogP contribution is -2.46. The lowest BCUT2D eigenvalue weighted by Gasteiger charge is -2.36. The molecule has 1 aliphatic heterocycles. The summed E-state index contributed by atoms with van der Waals surface area (Å²) in [5.41, 5.74) is 5.52. The van der Waals surface area contributed by atoms with E-state index in [1.54, 1.807) is 13.0 Å². The summed E-state index contributed by atoms with van der Waals surface area (Å²) in [5, 5.41) is 3.86. The summed E-state index contributed by atoms with van der Waals surface area (Å²) in [5.74, 6) is 1.80. The van der Waals surface area contributed by atoms with E-state index in [0.29, 0.717) is 23.8 Å². The number of aryl methyl sites for hydroxylation is 1. The molecule has 4 heterocycles. The molecule has 0 aliphatic carbocycles. The molecule has 0 amide bonds. The van der Waals surface area contributed by atoms with Crippen molar-refractivity contribution in [1.82, 2.24) is 30.0 Å². The molecule has 9 heteroatoms. The lowest BCUT2D eigenvalue weighted by atomic mass is 10.1. The fourth-order valence-corrected chi connectivity index (χ4v) is 4.70. The zero-order chi connectivity index (χ0) is 24.5. The second-order valence-electron chi connectivity index (χ2n) is 9.11. The molecular weight excluding hydrogens is 457 g/mol. The number of nitrogens with zero attached hydrogens (tertiary/aromatic N) is 6. The van der Waals surface area contributed by atoms with E-state index in [2.05, 4.69) is 42.0 Å². The number of pyridine rings is 1. The molecule has 0 spiro atoms. The number of aromatic nitrogens is 5. The number of benzene rings is 2. The molecule has 2 aromatic carbocycles. The predicted molar refractivity (Wildman–Crippen MR) is 135 cm³/mol. The number of piperazine rings is 1. The first kappa shape index (κ1) is 22.4. The Balaban J connectivity index is 1.11. The van der Waals surface area contributed by atoms with E-state index >= 15 is 0 Å². The quantitative estimate of drug-likeness (QED) is 0.384. The number of nitrogens with one attached hydrogen (secondary N) is 1. The Morgan fingerprint density at radius 2 is 1.86 bits per heavy atom. The Morgan fingerprint density at radius 1 is 1.00 bits per heavy atom. The number of aromatic amines is 1. The number of para-hydroxylation sites is 1. The molecular formula is C27H26FN7O. The monoisotopic (exact) mass is 483 g/mol. The molecule has 1 aliphatic rings. The number of anilines is 1. The van der Waals surface area contributed by atoms with Crippen molar-refractivity contribution < 1.29 is 8.91 Å². The topological polar surface area (TPSA) is 87.0 Å². The van der Waals surface area contributed by atoms with E-state index < -0.39 is 0 Å². The Bertz CT molecular complexity index is 1500. The lowest BCUT2D eigenvalue weighted by molar-refractivity contribution is 0.249. The second-order valence-corrected chi connectivity index (χ2v) is 9.11. The Kier molecular flexibility index (Phi) is 5.90. The Labute approximate surface area is 207 Å². The van der Waals surface area contributed by atoms with Crippen molar-refractivity contribution in [1.29, 1.82) is 0 Å². The summed E-state index contributed by atoms with van der Waals surface area (Å²) in [6.45, 7) is 6.03. The van der Waals surface area contributed by atoms with E-state index in [1.165, 1.54) is 11.6 Å². The molecule has 36 heavy (non-hydrogen) atoms. The summed E-state index contributed by atoms with van der Waals surface area (Å²) in [7, 11) is 0. The highest BCUT2D eigenvalue weighted by atomic mass is 19.1. The van der Waals surface area contributed by atoms with Gasteiger partial charge in [-0.2, -0.15) is 4.98 Å². The number of hydrogen-bond acceptors (Lipinski definition) is 7. The van der Waals surface area contributed by atoms with Crippen LogP contribution >= 0.6 is 0 Å². The maximum atomic E-state index is 14.1. The molecule has 1 N–H and O–H groups in total. The van der Waals surface area contributed by atoms with Crippen molar-refractivity contribution in [2.45, 2.75) is 19.9 Å². The summed E-state index contributed by atoms with van der Waals surface area (Å²) in [6, 6.07) is 17.1. The average Bonchev–Trinajstić information content (AvgIpc) is 3.50. The molecule has 0 radical (unpaired) electrons. The first-order valence-corrected chi connectivity index (χ1v) is 12.1. The summed E-state index contributed by atoms with van der Waals surface area (Å²) in [4.78, 5) is 21.5. The van der Waals surface area contributed by atoms with Crippen molar-refractivity contribution in [3.8, 4) is 11.5 Å². The van der Waals surface area contributed by atoms with Gasteiger partial charge in [-0.3, -0.25) is 9.88 Å². The fraction of sp³-hybridized carbons (Fsp3) is 0.259. The molecule has 0 bridgehead atoms. The normalized spacial score (nSPS) is 14.6. The predicted octanol–water partition coefficient (Wildman–Crippen LogP) is 4.37. The highest BCUT2D eigenvalue weighted by molar-refractivity contribution is 5.80. The third kappa shape index (κ3) is 4.70. The molecule has 0 saturated carbocycles. The molecule has 1 saturated heterocycles. The zero-order valence-corrected chi connectivity index (χ0v) is 20.0. The minimum Gasteiger partial charge on any atom is -0.367 e. The highest BCUT2D eigenvalue weighted by Crippen LogP contribution is 2.23. The van der Waals surface area contributed by atoms with Crippen LogP contribution in [-0.4, -0.2) is 56.2 Å². The van der Waals surface area contributed by atoms with Crippen LogP contribution in [0.1, 0.15) is 22.9 Å². The van der Waals surface area contributed by atoms with Gasteiger partial charge in [-0.1, -0.05) is 17.3 Å². The summed E-state index contributed by atoms with van der Waals surface area (Å²) in [6.07, 6.45) is 2.47. The summed E-state index contributed by atoms with van der Waals surface area (Å²) < 4.78 is 19.4. The van der Waals surface area contributed by atoms with Crippen LogP contribution in [0.4, 0.5) is 10.1 Å². The number of imidazole rings is 1. The van der Waals surface area contributed by atoms with Crippen LogP contribution in [0.15, 0.2) is 65.3 Å². The first-order valence-electron chi connectivity index (χ1n) is 12.1. The van der Waals surface area contributed by atoms with E-state index in [4.69, 9.17) is 9.51 Å². The maximum Gasteiger partial charge on any atom is 0.257 e. The van der Waals surface area contributed by atoms with Crippen LogP contribution < -0.4 is 4.90 Å². The first-order chi connectivity index (χ1) is 17.6. The number of halogens is 1. The van der Waals surface area contributed by atoms with Gasteiger partial charge in [0.05, 0.1) is 16.7 Å². The highest BCUT2D eigenvalue weighted by Gasteiger charge is 2.19. The van der Waals surface area contributed by atoms with Crippen molar-refractivity contribution >= 4 is 16.7 Å². The van der Waals surface area contributed by atoms with Crippen LogP contribution in [-0.2, 0) is 13.0 Å². The third-order valence-electron chi connectivity index (χ3n) is 6.51. The Morgan fingerprint density at radius 3 is 2.67 bits per heavy atom. The smallest absolute Gasteiger partial charge is 0.257 e. The van der Waals surface area contributed by atoms with E-state index in [1.807, 2.05) is 36.5 Å². The molecule has 6 rings (SSSR count).